The van der Waals surface area contributed by atoms with Gasteiger partial charge in [-0.2, -0.15) is 0 Å². The SMILES string of the molecule is COc1ccc(-c2cnc3c(Nc4ccc(SNCCOCCN)c(C)c4)nccn23)cc1. The van der Waals surface area contributed by atoms with Crippen LogP contribution in [0.2, 0.25) is 0 Å². The fraction of sp³-hybridized carbons (Fsp3) is 0.250. The Morgan fingerprint density at radius 2 is 1.94 bits per heavy atom. The van der Waals surface area contributed by atoms with Crippen molar-refractivity contribution in [3.05, 3.63) is 66.6 Å². The van der Waals surface area contributed by atoms with Gasteiger partial charge < -0.3 is 20.5 Å². The summed E-state index contributed by atoms with van der Waals surface area (Å²) < 4.78 is 16.0. The number of ether oxygens (including phenoxy) is 2. The fourth-order valence-corrected chi connectivity index (χ4v) is 4.09. The number of nitrogens with zero attached hydrogens (tertiary/aromatic N) is 3. The van der Waals surface area contributed by atoms with E-state index >= 15 is 0 Å². The largest absolute Gasteiger partial charge is 0.497 e. The van der Waals surface area contributed by atoms with Gasteiger partial charge in [-0.3, -0.25) is 9.12 Å². The number of nitrogens with one attached hydrogen (secondary N) is 2. The Labute approximate surface area is 197 Å². The van der Waals surface area contributed by atoms with E-state index in [9.17, 15) is 0 Å². The predicted octanol–water partition coefficient (Wildman–Crippen LogP) is 4.03. The molecule has 0 saturated heterocycles. The summed E-state index contributed by atoms with van der Waals surface area (Å²) in [5.41, 5.74) is 10.3. The van der Waals surface area contributed by atoms with Crippen LogP contribution in [0.25, 0.3) is 16.9 Å². The maximum atomic E-state index is 5.42. The minimum atomic E-state index is 0.546. The number of methoxy groups -OCH3 is 1. The number of nitrogens with two attached hydrogens (primary N) is 1. The highest BCUT2D eigenvalue weighted by Gasteiger charge is 2.11. The van der Waals surface area contributed by atoms with E-state index in [1.165, 1.54) is 0 Å². The molecule has 0 bridgehead atoms. The van der Waals surface area contributed by atoms with E-state index in [4.69, 9.17) is 15.2 Å². The van der Waals surface area contributed by atoms with Crippen molar-refractivity contribution >= 4 is 29.1 Å². The lowest BCUT2D eigenvalue weighted by atomic mass is 10.1. The maximum Gasteiger partial charge on any atom is 0.180 e. The predicted molar refractivity (Wildman–Crippen MR) is 133 cm³/mol. The first-order valence-electron chi connectivity index (χ1n) is 10.7. The quantitative estimate of drug-likeness (QED) is 0.226. The van der Waals surface area contributed by atoms with Gasteiger partial charge in [-0.05, 0) is 66.9 Å². The van der Waals surface area contributed by atoms with Crippen molar-refractivity contribution in [1.29, 1.82) is 0 Å². The molecule has 0 spiro atoms. The Hall–Kier alpha value is -3.11. The zero-order valence-corrected chi connectivity index (χ0v) is 19.6. The molecule has 8 nitrogen and oxygen atoms in total. The Kier molecular flexibility index (Phi) is 7.79. The summed E-state index contributed by atoms with van der Waals surface area (Å²) in [6.45, 7) is 4.62. The van der Waals surface area contributed by atoms with Crippen LogP contribution in [-0.2, 0) is 4.74 Å². The summed E-state index contributed by atoms with van der Waals surface area (Å²) in [6.07, 6.45) is 5.55. The summed E-state index contributed by atoms with van der Waals surface area (Å²) >= 11 is 1.60. The van der Waals surface area contributed by atoms with Crippen molar-refractivity contribution < 1.29 is 9.47 Å². The van der Waals surface area contributed by atoms with Crippen LogP contribution in [-0.4, -0.2) is 47.8 Å². The molecule has 4 aromatic rings. The van der Waals surface area contributed by atoms with Gasteiger partial charge in [-0.1, -0.05) is 0 Å². The third-order valence-corrected chi connectivity index (χ3v) is 6.07. The molecule has 0 fully saturated rings. The van der Waals surface area contributed by atoms with Gasteiger partial charge in [-0.25, -0.2) is 9.97 Å². The molecule has 172 valence electrons. The van der Waals surface area contributed by atoms with Gasteiger partial charge in [0.2, 0.25) is 0 Å². The topological polar surface area (TPSA) is 98.7 Å². The molecule has 0 unspecified atom stereocenters. The number of anilines is 2. The molecular weight excluding hydrogens is 436 g/mol. The summed E-state index contributed by atoms with van der Waals surface area (Å²) in [6, 6.07) is 14.2. The van der Waals surface area contributed by atoms with Gasteiger partial charge in [0, 0.05) is 41.6 Å². The number of hydrogen-bond acceptors (Lipinski definition) is 8. The molecule has 0 aliphatic heterocycles. The van der Waals surface area contributed by atoms with Crippen molar-refractivity contribution in [2.45, 2.75) is 11.8 Å². The van der Waals surface area contributed by atoms with Crippen molar-refractivity contribution in [3.63, 3.8) is 0 Å². The summed E-state index contributed by atoms with van der Waals surface area (Å²) in [5, 5.41) is 3.41. The first-order chi connectivity index (χ1) is 16.2. The van der Waals surface area contributed by atoms with Crippen molar-refractivity contribution in [3.8, 4) is 17.0 Å². The van der Waals surface area contributed by atoms with Crippen molar-refractivity contribution in [2.24, 2.45) is 5.73 Å². The van der Waals surface area contributed by atoms with Crippen molar-refractivity contribution in [2.75, 3.05) is 38.7 Å². The average Bonchev–Trinajstić information content (AvgIpc) is 3.28. The fourth-order valence-electron chi connectivity index (χ4n) is 3.39. The molecule has 0 aliphatic carbocycles. The Bertz CT molecular complexity index is 1200. The highest BCUT2D eigenvalue weighted by atomic mass is 32.2. The van der Waals surface area contributed by atoms with Gasteiger partial charge in [-0.15, -0.1) is 0 Å². The molecule has 33 heavy (non-hydrogen) atoms. The van der Waals surface area contributed by atoms with E-state index in [-0.39, 0.29) is 0 Å². The van der Waals surface area contributed by atoms with E-state index in [2.05, 4.69) is 39.1 Å². The second kappa shape index (κ2) is 11.2. The third kappa shape index (κ3) is 5.63. The van der Waals surface area contributed by atoms with E-state index in [1.54, 1.807) is 25.3 Å². The average molecular weight is 465 g/mol. The number of aryl methyl sites for hydroxylation is 1. The first-order valence-corrected chi connectivity index (χ1v) is 11.5. The van der Waals surface area contributed by atoms with E-state index < -0.39 is 0 Å². The molecule has 2 aromatic heterocycles. The van der Waals surface area contributed by atoms with Gasteiger partial charge in [0.1, 0.15) is 5.75 Å². The number of hydrogen-bond donors (Lipinski definition) is 3. The van der Waals surface area contributed by atoms with Crippen LogP contribution < -0.4 is 20.5 Å². The van der Waals surface area contributed by atoms with Gasteiger partial charge in [0.05, 0.1) is 32.2 Å². The van der Waals surface area contributed by atoms with Crippen LogP contribution in [0, 0.1) is 6.92 Å². The van der Waals surface area contributed by atoms with Crippen LogP contribution >= 0.6 is 11.9 Å². The highest BCUT2D eigenvalue weighted by molar-refractivity contribution is 7.97. The number of fused-ring (bicyclic) bond motifs is 1. The molecule has 0 aliphatic rings. The molecule has 4 rings (SSSR count). The third-order valence-electron chi connectivity index (χ3n) is 5.04. The molecular formula is C24H28N6O2S. The minimum Gasteiger partial charge on any atom is -0.497 e. The van der Waals surface area contributed by atoms with Crippen molar-refractivity contribution in [1.82, 2.24) is 19.1 Å². The standard InChI is InChI=1S/C24H28N6O2S/c1-17-15-19(5-8-22(17)33-28-11-14-32-13-9-25)29-23-24-27-16-21(30(24)12-10-26-23)18-3-6-20(31-2)7-4-18/h3-8,10,12,15-16,28H,9,11,13-14,25H2,1-2H3,(H,26,29). The molecule has 9 heteroatoms. The Morgan fingerprint density at radius 3 is 2.70 bits per heavy atom. The second-order valence-corrected chi connectivity index (χ2v) is 8.28. The molecule has 0 saturated carbocycles. The first kappa shape index (κ1) is 23.1. The van der Waals surface area contributed by atoms with E-state index in [0.717, 1.165) is 45.3 Å². The van der Waals surface area contributed by atoms with Crippen LogP contribution in [0.3, 0.4) is 0 Å². The molecule has 2 aromatic carbocycles. The normalized spacial score (nSPS) is 11.1. The Balaban J connectivity index is 1.46. The van der Waals surface area contributed by atoms with E-state index in [1.807, 2.05) is 47.1 Å². The lowest BCUT2D eigenvalue weighted by molar-refractivity contribution is 0.147. The minimum absolute atomic E-state index is 0.546. The molecule has 0 amide bonds. The summed E-state index contributed by atoms with van der Waals surface area (Å²) in [4.78, 5) is 10.3. The molecule has 4 N–H and O–H groups in total. The zero-order valence-electron chi connectivity index (χ0n) is 18.7. The van der Waals surface area contributed by atoms with Crippen LogP contribution in [0.5, 0.6) is 5.75 Å². The highest BCUT2D eigenvalue weighted by Crippen LogP contribution is 2.28. The van der Waals surface area contributed by atoms with Gasteiger partial charge in [0.15, 0.2) is 11.5 Å². The maximum absolute atomic E-state index is 5.42. The van der Waals surface area contributed by atoms with Crippen LogP contribution in [0.1, 0.15) is 5.56 Å². The Morgan fingerprint density at radius 1 is 1.09 bits per heavy atom. The van der Waals surface area contributed by atoms with Crippen LogP contribution in [0.4, 0.5) is 11.5 Å². The number of rotatable bonds is 11. The molecule has 2 heterocycles. The second-order valence-electron chi connectivity index (χ2n) is 7.34. The lowest BCUT2D eigenvalue weighted by Crippen LogP contribution is -2.16. The van der Waals surface area contributed by atoms with Gasteiger partial charge >= 0.3 is 0 Å². The smallest absolute Gasteiger partial charge is 0.180 e. The zero-order chi connectivity index (χ0) is 23.0. The lowest BCUT2D eigenvalue weighted by Gasteiger charge is -2.11. The number of aromatic nitrogens is 3. The van der Waals surface area contributed by atoms with Gasteiger partial charge in [0.25, 0.3) is 0 Å². The van der Waals surface area contributed by atoms with Crippen LogP contribution in [0.15, 0.2) is 66.0 Å². The number of benzene rings is 2. The summed E-state index contributed by atoms with van der Waals surface area (Å²) in [7, 11) is 1.66. The molecule has 0 radical (unpaired) electrons. The molecule has 0 atom stereocenters. The number of imidazole rings is 1. The summed E-state index contributed by atoms with van der Waals surface area (Å²) in [5.74, 6) is 1.52. The van der Waals surface area contributed by atoms with E-state index in [0.29, 0.717) is 25.6 Å². The monoisotopic (exact) mass is 464 g/mol.